The second-order valence-corrected chi connectivity index (χ2v) is 4.99. The molecule has 2 aromatic rings. The molecule has 1 aromatic carbocycles. The summed E-state index contributed by atoms with van der Waals surface area (Å²) in [5.41, 5.74) is 0.657. The van der Waals surface area contributed by atoms with Crippen molar-refractivity contribution in [1.29, 1.82) is 0 Å². The number of carbonyl (C=O) groups excluding carboxylic acids is 1. The highest BCUT2D eigenvalue weighted by Gasteiger charge is 2.33. The second-order valence-electron chi connectivity index (χ2n) is 4.99. The molecule has 0 radical (unpaired) electrons. The predicted molar refractivity (Wildman–Crippen MR) is 76.4 cm³/mol. The van der Waals surface area contributed by atoms with Crippen molar-refractivity contribution in [1.82, 2.24) is 9.78 Å². The van der Waals surface area contributed by atoms with E-state index in [1.54, 1.807) is 4.68 Å². The summed E-state index contributed by atoms with van der Waals surface area (Å²) in [4.78, 5) is 11.9. The molecule has 1 heterocycles. The monoisotopic (exact) mass is 311 g/mol. The van der Waals surface area contributed by atoms with Crippen molar-refractivity contribution in [3.05, 3.63) is 47.3 Å². The Morgan fingerprint density at radius 3 is 2.55 bits per heavy atom. The molecule has 0 saturated heterocycles. The maximum absolute atomic E-state index is 12.8. The number of aromatic nitrogens is 2. The number of hydrogen-bond donors (Lipinski definition) is 1. The third-order valence-corrected chi connectivity index (χ3v) is 3.16. The lowest BCUT2D eigenvalue weighted by molar-refractivity contribution is -0.137. The van der Waals surface area contributed by atoms with Crippen LogP contribution in [0.15, 0.2) is 30.3 Å². The third kappa shape index (κ3) is 3.87. The van der Waals surface area contributed by atoms with Gasteiger partial charge >= 0.3 is 6.18 Å². The highest BCUT2D eigenvalue weighted by molar-refractivity contribution is 5.91. The van der Waals surface area contributed by atoms with Crippen molar-refractivity contribution >= 4 is 11.6 Å². The van der Waals surface area contributed by atoms with Gasteiger partial charge in [-0.2, -0.15) is 18.3 Å². The first-order chi connectivity index (χ1) is 10.3. The van der Waals surface area contributed by atoms with E-state index >= 15 is 0 Å². The van der Waals surface area contributed by atoms with Crippen LogP contribution in [-0.4, -0.2) is 15.7 Å². The average Bonchev–Trinajstić information content (AvgIpc) is 2.74. The summed E-state index contributed by atoms with van der Waals surface area (Å²) >= 11 is 0. The molecular formula is C15H16F3N3O. The van der Waals surface area contributed by atoms with Gasteiger partial charge in [0.2, 0.25) is 5.91 Å². The number of rotatable bonds is 4. The number of anilines is 1. The van der Waals surface area contributed by atoms with Crippen molar-refractivity contribution in [2.24, 2.45) is 0 Å². The molecule has 0 atom stereocenters. The first-order valence-electron chi connectivity index (χ1n) is 6.74. The number of para-hydroxylation sites is 1. The SMILES string of the molecule is Cc1cc(C)n(CCC(=O)Nc2ccccc2C(F)(F)F)n1. The Bertz CT molecular complexity index is 677. The van der Waals surface area contributed by atoms with E-state index in [2.05, 4.69) is 10.4 Å². The molecule has 0 saturated carbocycles. The molecule has 22 heavy (non-hydrogen) atoms. The Kier molecular flexibility index (Phi) is 4.54. The van der Waals surface area contributed by atoms with Crippen molar-refractivity contribution in [2.45, 2.75) is 33.0 Å². The fourth-order valence-electron chi connectivity index (χ4n) is 2.16. The van der Waals surface area contributed by atoms with Crippen LogP contribution in [0.2, 0.25) is 0 Å². The fraction of sp³-hybridized carbons (Fsp3) is 0.333. The van der Waals surface area contributed by atoms with Gasteiger partial charge in [0.15, 0.2) is 0 Å². The lowest BCUT2D eigenvalue weighted by Crippen LogP contribution is -2.18. The second kappa shape index (κ2) is 6.21. The number of hydrogen-bond acceptors (Lipinski definition) is 2. The van der Waals surface area contributed by atoms with E-state index in [4.69, 9.17) is 0 Å². The minimum atomic E-state index is -4.50. The van der Waals surface area contributed by atoms with Crippen LogP contribution >= 0.6 is 0 Å². The number of nitrogens with zero attached hydrogens (tertiary/aromatic N) is 2. The lowest BCUT2D eigenvalue weighted by Gasteiger charge is -2.13. The zero-order chi connectivity index (χ0) is 16.3. The average molecular weight is 311 g/mol. The van der Waals surface area contributed by atoms with Crippen LogP contribution < -0.4 is 5.32 Å². The predicted octanol–water partition coefficient (Wildman–Crippen LogP) is 3.55. The summed E-state index contributed by atoms with van der Waals surface area (Å²) in [6.45, 7) is 4.01. The topological polar surface area (TPSA) is 46.9 Å². The summed E-state index contributed by atoms with van der Waals surface area (Å²) in [7, 11) is 0. The van der Waals surface area contributed by atoms with Gasteiger partial charge < -0.3 is 5.32 Å². The van der Waals surface area contributed by atoms with E-state index in [1.807, 2.05) is 19.9 Å². The number of benzene rings is 1. The first-order valence-corrected chi connectivity index (χ1v) is 6.74. The number of nitrogens with one attached hydrogen (secondary N) is 1. The Labute approximate surface area is 125 Å². The standard InChI is InChI=1S/C15H16F3N3O/c1-10-9-11(2)21(20-10)8-7-14(22)19-13-6-4-3-5-12(13)15(16,17)18/h3-6,9H,7-8H2,1-2H3,(H,19,22). The fourth-order valence-corrected chi connectivity index (χ4v) is 2.16. The Morgan fingerprint density at radius 1 is 1.27 bits per heavy atom. The molecule has 0 spiro atoms. The van der Waals surface area contributed by atoms with E-state index in [1.165, 1.54) is 18.2 Å². The van der Waals surface area contributed by atoms with Crippen LogP contribution in [0.25, 0.3) is 0 Å². The number of carbonyl (C=O) groups is 1. The number of halogens is 3. The van der Waals surface area contributed by atoms with Crippen LogP contribution in [0.3, 0.4) is 0 Å². The van der Waals surface area contributed by atoms with Crippen LogP contribution in [-0.2, 0) is 17.5 Å². The molecule has 0 bridgehead atoms. The van der Waals surface area contributed by atoms with Crippen LogP contribution in [0.4, 0.5) is 18.9 Å². The summed E-state index contributed by atoms with van der Waals surface area (Å²) in [6, 6.07) is 6.79. The Balaban J connectivity index is 2.02. The van der Waals surface area contributed by atoms with E-state index in [9.17, 15) is 18.0 Å². The van der Waals surface area contributed by atoms with Gasteiger partial charge in [0.05, 0.1) is 16.9 Å². The van der Waals surface area contributed by atoms with Crippen LogP contribution in [0.1, 0.15) is 23.4 Å². The van der Waals surface area contributed by atoms with Crippen molar-refractivity contribution in [2.75, 3.05) is 5.32 Å². The molecule has 4 nitrogen and oxygen atoms in total. The largest absolute Gasteiger partial charge is 0.418 e. The van der Waals surface area contributed by atoms with Crippen molar-refractivity contribution in [3.63, 3.8) is 0 Å². The van der Waals surface area contributed by atoms with Gasteiger partial charge in [-0.3, -0.25) is 9.48 Å². The summed E-state index contributed by atoms with van der Waals surface area (Å²) in [5, 5.41) is 6.52. The minimum Gasteiger partial charge on any atom is -0.325 e. The van der Waals surface area contributed by atoms with Gasteiger partial charge in [-0.1, -0.05) is 12.1 Å². The molecule has 1 aromatic heterocycles. The molecule has 0 aliphatic heterocycles. The van der Waals surface area contributed by atoms with Crippen LogP contribution in [0, 0.1) is 13.8 Å². The summed E-state index contributed by atoms with van der Waals surface area (Å²) < 4.78 is 40.2. The van der Waals surface area contributed by atoms with E-state index < -0.39 is 17.6 Å². The lowest BCUT2D eigenvalue weighted by atomic mass is 10.1. The van der Waals surface area contributed by atoms with E-state index in [0.29, 0.717) is 6.54 Å². The van der Waals surface area contributed by atoms with Gasteiger partial charge in [-0.05, 0) is 32.0 Å². The van der Waals surface area contributed by atoms with Crippen LogP contribution in [0.5, 0.6) is 0 Å². The zero-order valence-corrected chi connectivity index (χ0v) is 12.2. The third-order valence-electron chi connectivity index (χ3n) is 3.16. The molecule has 7 heteroatoms. The van der Waals surface area contributed by atoms with Gasteiger partial charge in [-0.25, -0.2) is 0 Å². The first kappa shape index (κ1) is 16.1. The highest BCUT2D eigenvalue weighted by Crippen LogP contribution is 2.34. The molecule has 0 unspecified atom stereocenters. The number of alkyl halides is 3. The molecule has 1 amide bonds. The van der Waals surface area contributed by atoms with Gasteiger partial charge in [0.25, 0.3) is 0 Å². The molecule has 0 fully saturated rings. The summed E-state index contributed by atoms with van der Waals surface area (Å²) in [5.74, 6) is -0.482. The van der Waals surface area contributed by atoms with Crippen molar-refractivity contribution < 1.29 is 18.0 Å². The van der Waals surface area contributed by atoms with E-state index in [-0.39, 0.29) is 12.1 Å². The molecular weight excluding hydrogens is 295 g/mol. The minimum absolute atomic E-state index is 0.0498. The van der Waals surface area contributed by atoms with Gasteiger partial charge in [0, 0.05) is 18.7 Å². The molecule has 2 rings (SSSR count). The molecule has 1 N–H and O–H groups in total. The maximum Gasteiger partial charge on any atom is 0.418 e. The van der Waals surface area contributed by atoms with Gasteiger partial charge in [0.1, 0.15) is 0 Å². The molecule has 118 valence electrons. The Hall–Kier alpha value is -2.31. The normalized spacial score (nSPS) is 11.5. The smallest absolute Gasteiger partial charge is 0.325 e. The molecule has 0 aliphatic rings. The Morgan fingerprint density at radius 2 is 1.95 bits per heavy atom. The zero-order valence-electron chi connectivity index (χ0n) is 12.2. The maximum atomic E-state index is 12.8. The highest BCUT2D eigenvalue weighted by atomic mass is 19.4. The number of amides is 1. The molecule has 0 aliphatic carbocycles. The van der Waals surface area contributed by atoms with Crippen molar-refractivity contribution in [3.8, 4) is 0 Å². The number of aryl methyl sites for hydroxylation is 3. The summed E-state index contributed by atoms with van der Waals surface area (Å²) in [6.07, 6.45) is -4.45. The van der Waals surface area contributed by atoms with Gasteiger partial charge in [-0.15, -0.1) is 0 Å². The van der Waals surface area contributed by atoms with E-state index in [0.717, 1.165) is 17.5 Å². The quantitative estimate of drug-likeness (QED) is 0.938.